The van der Waals surface area contributed by atoms with E-state index in [-0.39, 0.29) is 30.2 Å². The third kappa shape index (κ3) is 6.31. The van der Waals surface area contributed by atoms with Gasteiger partial charge in [-0.2, -0.15) is 0 Å². The van der Waals surface area contributed by atoms with Gasteiger partial charge in [-0.05, 0) is 58.4 Å². The number of hydrogen-bond donors (Lipinski definition) is 2. The molecule has 3 aliphatic rings. The van der Waals surface area contributed by atoms with Gasteiger partial charge in [0.05, 0.1) is 24.8 Å². The first-order valence-corrected chi connectivity index (χ1v) is 12.4. The van der Waals surface area contributed by atoms with E-state index in [2.05, 4.69) is 5.48 Å². The average Bonchev–Trinajstić information content (AvgIpc) is 3.38. The molecule has 4 unspecified atom stereocenters. The predicted octanol–water partition coefficient (Wildman–Crippen LogP) is 2.38. The highest BCUT2D eigenvalue weighted by Gasteiger charge is 2.48. The maximum Gasteiger partial charge on any atom is 0.410 e. The van der Waals surface area contributed by atoms with Gasteiger partial charge in [0.25, 0.3) is 5.91 Å². The van der Waals surface area contributed by atoms with E-state index in [4.69, 9.17) is 14.4 Å². The van der Waals surface area contributed by atoms with Crippen LogP contribution in [0.3, 0.4) is 0 Å². The molecule has 10 nitrogen and oxygen atoms in total. The molecule has 2 saturated heterocycles. The highest BCUT2D eigenvalue weighted by Crippen LogP contribution is 2.33. The molecule has 0 aromatic heterocycles. The van der Waals surface area contributed by atoms with Crippen molar-refractivity contribution in [2.45, 2.75) is 95.7 Å². The van der Waals surface area contributed by atoms with Crippen molar-refractivity contribution in [2.75, 3.05) is 13.6 Å². The Balaban J connectivity index is 1.23. The van der Waals surface area contributed by atoms with Crippen LogP contribution in [0, 0.1) is 0 Å². The molecule has 6 atom stereocenters. The monoisotopic (exact) mass is 490 g/mol. The molecule has 4 rings (SSSR count). The van der Waals surface area contributed by atoms with Crippen molar-refractivity contribution in [1.29, 1.82) is 0 Å². The summed E-state index contributed by atoms with van der Waals surface area (Å²) in [6.07, 6.45) is 1.96. The zero-order valence-corrected chi connectivity index (χ0v) is 21.1. The summed E-state index contributed by atoms with van der Waals surface area (Å²) in [4.78, 5) is 40.2. The zero-order chi connectivity index (χ0) is 25.2. The first kappa shape index (κ1) is 25.8. The van der Waals surface area contributed by atoms with E-state index in [9.17, 15) is 14.7 Å². The lowest BCUT2D eigenvalue weighted by molar-refractivity contribution is -0.265. The predicted molar refractivity (Wildman–Crippen MR) is 127 cm³/mol. The summed E-state index contributed by atoms with van der Waals surface area (Å²) in [6.45, 7) is 6.44. The summed E-state index contributed by atoms with van der Waals surface area (Å²) >= 11 is 0. The van der Waals surface area contributed by atoms with Crippen molar-refractivity contribution in [3.63, 3.8) is 0 Å². The second-order valence-corrected chi connectivity index (χ2v) is 10.7. The van der Waals surface area contributed by atoms with Gasteiger partial charge in [0.15, 0.2) is 6.35 Å². The fraction of sp³-hybridized carbons (Fsp3) is 0.680. The van der Waals surface area contributed by atoms with Gasteiger partial charge >= 0.3 is 6.09 Å². The van der Waals surface area contributed by atoms with Crippen molar-refractivity contribution >= 4 is 12.0 Å². The lowest BCUT2D eigenvalue weighted by Gasteiger charge is -2.31. The van der Waals surface area contributed by atoms with Crippen LogP contribution in [0.15, 0.2) is 30.3 Å². The number of nitrogens with zero attached hydrogens (tertiary/aromatic N) is 3. The van der Waals surface area contributed by atoms with Crippen LogP contribution in [-0.4, -0.2) is 81.7 Å². The SMILES string of the molecule is CN(C(=O)OC(C)(C)C)C1CCC(ONC(=O)[C@@H]2CC[C@H]3CN2C(O)N3OCc2ccccc2)C1. The molecule has 2 amide bonds. The Morgan fingerprint density at radius 3 is 2.60 bits per heavy atom. The molecule has 0 radical (unpaired) electrons. The van der Waals surface area contributed by atoms with Crippen molar-refractivity contribution in [3.8, 4) is 0 Å². The van der Waals surface area contributed by atoms with Gasteiger partial charge in [-0.25, -0.2) is 10.3 Å². The number of aliphatic hydroxyl groups is 1. The van der Waals surface area contributed by atoms with Crippen molar-refractivity contribution < 1.29 is 29.1 Å². The Hall–Kier alpha value is -2.24. The molecule has 0 spiro atoms. The topological polar surface area (TPSA) is 104 Å². The Morgan fingerprint density at radius 2 is 1.89 bits per heavy atom. The number of nitrogens with one attached hydrogen (secondary N) is 1. The van der Waals surface area contributed by atoms with Gasteiger partial charge in [0, 0.05) is 19.6 Å². The van der Waals surface area contributed by atoms with Crippen LogP contribution >= 0.6 is 0 Å². The zero-order valence-electron chi connectivity index (χ0n) is 21.1. The minimum atomic E-state index is -0.986. The molecule has 2 aliphatic heterocycles. The number of rotatable bonds is 7. The van der Waals surface area contributed by atoms with Gasteiger partial charge < -0.3 is 14.7 Å². The maximum absolute atomic E-state index is 12.9. The van der Waals surface area contributed by atoms with E-state index >= 15 is 0 Å². The van der Waals surface area contributed by atoms with Crippen LogP contribution in [0.5, 0.6) is 0 Å². The molecule has 2 bridgehead atoms. The summed E-state index contributed by atoms with van der Waals surface area (Å²) in [5.41, 5.74) is 3.08. The number of benzene rings is 1. The lowest BCUT2D eigenvalue weighted by Crippen LogP contribution is -2.52. The molecule has 1 aliphatic carbocycles. The molecule has 3 fully saturated rings. The van der Waals surface area contributed by atoms with Gasteiger partial charge in [-0.15, -0.1) is 5.06 Å². The number of amides is 2. The Kier molecular flexibility index (Phi) is 7.97. The van der Waals surface area contributed by atoms with E-state index < -0.39 is 18.0 Å². The highest BCUT2D eigenvalue weighted by molar-refractivity contribution is 5.81. The molecule has 1 aromatic rings. The first-order valence-electron chi connectivity index (χ1n) is 12.4. The molecule has 10 heteroatoms. The molecule has 2 heterocycles. The number of hydrogen-bond acceptors (Lipinski definition) is 8. The Labute approximate surface area is 207 Å². The quantitative estimate of drug-likeness (QED) is 0.562. The molecular weight excluding hydrogens is 452 g/mol. The Bertz CT molecular complexity index is 878. The standard InChI is InChI=1S/C25H38N4O6/c1-25(2,3)34-24(32)27(4)18-10-12-20(14-18)35-26-22(30)21-13-11-19-15-28(21)23(31)29(19)33-16-17-8-6-5-7-9-17/h5-9,18-21,23,31H,10-16H2,1-4H3,(H,26,30)/t18?,19-,20?,21-,23?/m0/s1. The second kappa shape index (κ2) is 10.8. The Morgan fingerprint density at radius 1 is 1.14 bits per heavy atom. The molecular formula is C25H38N4O6. The van der Waals surface area contributed by atoms with E-state index in [1.54, 1.807) is 21.9 Å². The van der Waals surface area contributed by atoms with Crippen molar-refractivity contribution in [1.82, 2.24) is 20.3 Å². The van der Waals surface area contributed by atoms with Crippen molar-refractivity contribution in [3.05, 3.63) is 35.9 Å². The minimum Gasteiger partial charge on any atom is -0.444 e. The fourth-order valence-corrected chi connectivity index (χ4v) is 5.02. The van der Waals surface area contributed by atoms with Crippen LogP contribution in [0.1, 0.15) is 58.4 Å². The third-order valence-electron chi connectivity index (χ3n) is 6.92. The summed E-state index contributed by atoms with van der Waals surface area (Å²) in [5.74, 6) is -0.267. The number of piperidine rings is 1. The largest absolute Gasteiger partial charge is 0.444 e. The number of ether oxygens (including phenoxy) is 1. The van der Waals surface area contributed by atoms with Crippen LogP contribution < -0.4 is 5.48 Å². The highest BCUT2D eigenvalue weighted by atomic mass is 16.7. The number of carbonyl (C=O) groups is 2. The van der Waals surface area contributed by atoms with Gasteiger partial charge in [0.1, 0.15) is 5.60 Å². The second-order valence-electron chi connectivity index (χ2n) is 10.7. The average molecular weight is 491 g/mol. The molecule has 2 N–H and O–H groups in total. The number of fused-ring (bicyclic) bond motifs is 2. The molecule has 35 heavy (non-hydrogen) atoms. The maximum atomic E-state index is 12.9. The first-order chi connectivity index (χ1) is 16.6. The third-order valence-corrected chi connectivity index (χ3v) is 6.92. The molecule has 1 aromatic carbocycles. The summed E-state index contributed by atoms with van der Waals surface area (Å²) in [7, 11) is 1.73. The van der Waals surface area contributed by atoms with Gasteiger partial charge in [-0.3, -0.25) is 19.4 Å². The van der Waals surface area contributed by atoms with E-state index in [0.29, 0.717) is 26.0 Å². The summed E-state index contributed by atoms with van der Waals surface area (Å²) in [6, 6.07) is 9.34. The van der Waals surface area contributed by atoms with Gasteiger partial charge in [-0.1, -0.05) is 30.3 Å². The smallest absolute Gasteiger partial charge is 0.410 e. The summed E-state index contributed by atoms with van der Waals surface area (Å²) in [5, 5.41) is 12.4. The molecule has 1 saturated carbocycles. The number of hydroxylamine groups is 3. The molecule has 194 valence electrons. The summed E-state index contributed by atoms with van der Waals surface area (Å²) < 4.78 is 5.45. The van der Waals surface area contributed by atoms with E-state index in [0.717, 1.165) is 24.8 Å². The minimum absolute atomic E-state index is 0.00193. The fourth-order valence-electron chi connectivity index (χ4n) is 5.02. The van der Waals surface area contributed by atoms with Gasteiger partial charge in [0.2, 0.25) is 0 Å². The normalized spacial score (nSPS) is 30.8. The number of aliphatic hydroxyl groups excluding tert-OH is 1. The van der Waals surface area contributed by atoms with E-state index in [1.807, 2.05) is 51.1 Å². The van der Waals surface area contributed by atoms with Crippen LogP contribution in [0.2, 0.25) is 0 Å². The van der Waals surface area contributed by atoms with E-state index in [1.165, 1.54) is 0 Å². The van der Waals surface area contributed by atoms with Crippen LogP contribution in [0.25, 0.3) is 0 Å². The van der Waals surface area contributed by atoms with Crippen LogP contribution in [-0.2, 0) is 25.8 Å². The lowest BCUT2D eigenvalue weighted by atomic mass is 10.0. The van der Waals surface area contributed by atoms with Crippen LogP contribution in [0.4, 0.5) is 4.79 Å². The van der Waals surface area contributed by atoms with Crippen molar-refractivity contribution in [2.24, 2.45) is 0 Å². The number of carbonyl (C=O) groups excluding carboxylic acids is 2.